The molecular weight excluding hydrogens is 363 g/mol. The molecule has 0 amide bonds. The number of fused-ring (bicyclic) bond motifs is 3. The van der Waals surface area contributed by atoms with Crippen LogP contribution in [0.5, 0.6) is 5.75 Å². The maximum Gasteiger partial charge on any atom is 0.216 e. The molecule has 5 heteroatoms. The van der Waals surface area contributed by atoms with Gasteiger partial charge in [-0.15, -0.1) is 0 Å². The van der Waals surface area contributed by atoms with Crippen molar-refractivity contribution in [1.82, 2.24) is 5.01 Å². The van der Waals surface area contributed by atoms with Crippen LogP contribution in [-0.4, -0.2) is 10.7 Å². The van der Waals surface area contributed by atoms with Gasteiger partial charge in [-0.1, -0.05) is 60.1 Å². The van der Waals surface area contributed by atoms with Gasteiger partial charge in [0, 0.05) is 17.0 Å². The number of hydrogen-bond acceptors (Lipinski definition) is 3. The molecule has 2 heterocycles. The van der Waals surface area contributed by atoms with E-state index in [9.17, 15) is 4.39 Å². The van der Waals surface area contributed by atoms with Gasteiger partial charge in [-0.2, -0.15) is 5.10 Å². The molecule has 3 aromatic carbocycles. The van der Waals surface area contributed by atoms with E-state index in [1.807, 2.05) is 59.6 Å². The summed E-state index contributed by atoms with van der Waals surface area (Å²) >= 11 is 6.02. The zero-order chi connectivity index (χ0) is 18.4. The standard InChI is InChI=1S/C22H16ClFN2O/c23-15-11-9-14(10-12-15)19-13-20-17-6-2-4-8-21(17)27-22(26(20)25-19)16-5-1-3-7-18(16)24/h1-12,20,22H,13H2/t20-,22-/m1/s1. The monoisotopic (exact) mass is 378 g/mol. The lowest BCUT2D eigenvalue weighted by Crippen LogP contribution is -2.34. The molecule has 0 radical (unpaired) electrons. The van der Waals surface area contributed by atoms with E-state index in [4.69, 9.17) is 21.4 Å². The maximum absolute atomic E-state index is 14.5. The third-order valence-electron chi connectivity index (χ3n) is 5.05. The summed E-state index contributed by atoms with van der Waals surface area (Å²) in [4.78, 5) is 0. The van der Waals surface area contributed by atoms with E-state index in [0.29, 0.717) is 10.6 Å². The van der Waals surface area contributed by atoms with E-state index < -0.39 is 6.23 Å². The average molecular weight is 379 g/mol. The Morgan fingerprint density at radius 1 is 0.926 bits per heavy atom. The predicted octanol–water partition coefficient (Wildman–Crippen LogP) is 5.72. The van der Waals surface area contributed by atoms with Crippen LogP contribution in [0.15, 0.2) is 77.9 Å². The first kappa shape index (κ1) is 16.3. The van der Waals surface area contributed by atoms with Crippen LogP contribution in [0.2, 0.25) is 5.02 Å². The molecule has 0 aromatic heterocycles. The van der Waals surface area contributed by atoms with E-state index in [1.165, 1.54) is 6.07 Å². The van der Waals surface area contributed by atoms with Gasteiger partial charge >= 0.3 is 0 Å². The summed E-state index contributed by atoms with van der Waals surface area (Å²) in [5.74, 6) is 0.482. The zero-order valence-electron chi connectivity index (χ0n) is 14.3. The molecule has 0 fully saturated rings. The molecule has 0 saturated heterocycles. The van der Waals surface area contributed by atoms with Crippen molar-refractivity contribution in [3.05, 3.63) is 100 Å². The lowest BCUT2D eigenvalue weighted by molar-refractivity contribution is -0.0212. The van der Waals surface area contributed by atoms with Gasteiger partial charge in [0.1, 0.15) is 11.6 Å². The molecule has 3 aromatic rings. The highest BCUT2D eigenvalue weighted by molar-refractivity contribution is 6.30. The fourth-order valence-corrected chi connectivity index (χ4v) is 3.86. The minimum Gasteiger partial charge on any atom is -0.464 e. The minimum absolute atomic E-state index is 0.00485. The molecule has 0 N–H and O–H groups in total. The van der Waals surface area contributed by atoms with Gasteiger partial charge < -0.3 is 4.74 Å². The van der Waals surface area contributed by atoms with Crippen LogP contribution in [0.3, 0.4) is 0 Å². The molecule has 0 unspecified atom stereocenters. The molecule has 2 atom stereocenters. The molecule has 2 aliphatic heterocycles. The molecule has 2 aliphatic rings. The van der Waals surface area contributed by atoms with Crippen molar-refractivity contribution >= 4 is 17.3 Å². The quantitative estimate of drug-likeness (QED) is 0.569. The van der Waals surface area contributed by atoms with Gasteiger partial charge in [-0.3, -0.25) is 0 Å². The third kappa shape index (κ3) is 2.77. The summed E-state index contributed by atoms with van der Waals surface area (Å²) in [7, 11) is 0. The molecule has 0 bridgehead atoms. The second kappa shape index (κ2) is 6.39. The number of halogens is 2. The van der Waals surface area contributed by atoms with Crippen LogP contribution >= 0.6 is 11.6 Å². The number of nitrogens with zero attached hydrogens (tertiary/aromatic N) is 2. The Hall–Kier alpha value is -2.85. The number of ether oxygens (including phenoxy) is 1. The van der Waals surface area contributed by atoms with Gasteiger partial charge in [0.2, 0.25) is 6.23 Å². The summed E-state index contributed by atoms with van der Waals surface area (Å²) in [5.41, 5.74) is 3.51. The van der Waals surface area contributed by atoms with E-state index in [1.54, 1.807) is 12.1 Å². The minimum atomic E-state index is -0.601. The van der Waals surface area contributed by atoms with Gasteiger partial charge in [0.25, 0.3) is 0 Å². The second-order valence-electron chi connectivity index (χ2n) is 6.68. The van der Waals surface area contributed by atoms with Crippen molar-refractivity contribution in [3.8, 4) is 5.75 Å². The van der Waals surface area contributed by atoms with Crippen LogP contribution in [-0.2, 0) is 0 Å². The lowest BCUT2D eigenvalue weighted by atomic mass is 9.96. The first-order chi connectivity index (χ1) is 13.2. The molecule has 0 spiro atoms. The second-order valence-corrected chi connectivity index (χ2v) is 7.12. The summed E-state index contributed by atoms with van der Waals surface area (Å²) in [5, 5.41) is 7.39. The molecule has 134 valence electrons. The Bertz CT molecular complexity index is 1030. The summed E-state index contributed by atoms with van der Waals surface area (Å²) in [6, 6.07) is 22.2. The van der Waals surface area contributed by atoms with E-state index in [0.717, 1.165) is 29.0 Å². The number of hydrazone groups is 1. The van der Waals surface area contributed by atoms with Crippen molar-refractivity contribution < 1.29 is 9.13 Å². The molecule has 0 aliphatic carbocycles. The fourth-order valence-electron chi connectivity index (χ4n) is 3.73. The molecule has 5 rings (SSSR count). The Morgan fingerprint density at radius 2 is 1.63 bits per heavy atom. The number of para-hydroxylation sites is 1. The highest BCUT2D eigenvalue weighted by atomic mass is 35.5. The van der Waals surface area contributed by atoms with Crippen molar-refractivity contribution in [2.24, 2.45) is 5.10 Å². The van der Waals surface area contributed by atoms with Crippen LogP contribution in [0.1, 0.15) is 35.4 Å². The Labute approximate surface area is 161 Å². The van der Waals surface area contributed by atoms with Crippen LogP contribution in [0.25, 0.3) is 0 Å². The summed E-state index contributed by atoms with van der Waals surface area (Å²) < 4.78 is 20.7. The van der Waals surface area contributed by atoms with Crippen molar-refractivity contribution in [3.63, 3.8) is 0 Å². The smallest absolute Gasteiger partial charge is 0.216 e. The van der Waals surface area contributed by atoms with Gasteiger partial charge in [-0.05, 0) is 29.8 Å². The first-order valence-corrected chi connectivity index (χ1v) is 9.20. The van der Waals surface area contributed by atoms with E-state index >= 15 is 0 Å². The van der Waals surface area contributed by atoms with Crippen LogP contribution in [0.4, 0.5) is 4.39 Å². The normalized spacial score (nSPS) is 20.5. The van der Waals surface area contributed by atoms with Crippen molar-refractivity contribution in [2.45, 2.75) is 18.7 Å². The Kier molecular flexibility index (Phi) is 3.87. The Balaban J connectivity index is 1.61. The Morgan fingerprint density at radius 3 is 2.41 bits per heavy atom. The molecule has 3 nitrogen and oxygen atoms in total. The molecule has 0 saturated carbocycles. The van der Waals surface area contributed by atoms with Crippen molar-refractivity contribution in [1.29, 1.82) is 0 Å². The summed E-state index contributed by atoms with van der Waals surface area (Å²) in [6.45, 7) is 0. The largest absolute Gasteiger partial charge is 0.464 e. The van der Waals surface area contributed by atoms with Gasteiger partial charge in [0.15, 0.2) is 0 Å². The van der Waals surface area contributed by atoms with Gasteiger partial charge in [-0.25, -0.2) is 9.40 Å². The zero-order valence-corrected chi connectivity index (χ0v) is 15.1. The third-order valence-corrected chi connectivity index (χ3v) is 5.30. The van der Waals surface area contributed by atoms with Crippen LogP contribution in [0, 0.1) is 5.82 Å². The number of hydrogen-bond donors (Lipinski definition) is 0. The SMILES string of the molecule is Fc1ccccc1[C@H]1Oc2ccccc2[C@H]2CC(c3ccc(Cl)cc3)=NN21. The fraction of sp³-hybridized carbons (Fsp3) is 0.136. The number of rotatable bonds is 2. The first-order valence-electron chi connectivity index (χ1n) is 8.82. The summed E-state index contributed by atoms with van der Waals surface area (Å²) in [6.07, 6.45) is 0.128. The number of benzene rings is 3. The molecule has 27 heavy (non-hydrogen) atoms. The topological polar surface area (TPSA) is 24.8 Å². The predicted molar refractivity (Wildman–Crippen MR) is 103 cm³/mol. The maximum atomic E-state index is 14.5. The van der Waals surface area contributed by atoms with Gasteiger partial charge in [0.05, 0.1) is 17.3 Å². The highest BCUT2D eigenvalue weighted by Crippen LogP contribution is 2.47. The van der Waals surface area contributed by atoms with Crippen molar-refractivity contribution in [2.75, 3.05) is 0 Å². The lowest BCUT2D eigenvalue weighted by Gasteiger charge is -2.38. The highest BCUT2D eigenvalue weighted by Gasteiger charge is 2.41. The van der Waals surface area contributed by atoms with E-state index in [2.05, 4.69) is 0 Å². The average Bonchev–Trinajstić information content (AvgIpc) is 3.14. The van der Waals surface area contributed by atoms with Crippen LogP contribution < -0.4 is 4.74 Å². The van der Waals surface area contributed by atoms with E-state index in [-0.39, 0.29) is 11.9 Å². The molecular formula is C22H16ClFN2O.